The number of piperidine rings is 1. The number of amides is 1. The number of aromatic nitrogens is 1. The van der Waals surface area contributed by atoms with Crippen LogP contribution in [0.5, 0.6) is 0 Å². The molecule has 1 aromatic rings. The molecule has 3 N–H and O–H groups in total. The van der Waals surface area contributed by atoms with Crippen molar-refractivity contribution in [2.45, 2.75) is 19.0 Å². The third-order valence-corrected chi connectivity index (χ3v) is 3.33. The second kappa shape index (κ2) is 5.66. The standard InChI is InChI=1S/C12H15F3N4O/c13-12(14,15)9-2-1-5-19(7-9)11(20)8-3-4-17-10(6-8)18-16/h3-4,6,9H,1-2,5,7,16H2,(H,17,18). The molecule has 0 saturated carbocycles. The summed E-state index contributed by atoms with van der Waals surface area (Å²) in [7, 11) is 0. The molecule has 1 fully saturated rings. The Morgan fingerprint density at radius 1 is 1.50 bits per heavy atom. The van der Waals surface area contributed by atoms with Gasteiger partial charge in [-0.2, -0.15) is 13.2 Å². The molecule has 2 rings (SSSR count). The number of hydrogen-bond acceptors (Lipinski definition) is 4. The summed E-state index contributed by atoms with van der Waals surface area (Å²) >= 11 is 0. The van der Waals surface area contributed by atoms with E-state index in [9.17, 15) is 18.0 Å². The fourth-order valence-electron chi connectivity index (χ4n) is 2.25. The highest BCUT2D eigenvalue weighted by atomic mass is 19.4. The highest BCUT2D eigenvalue weighted by Gasteiger charge is 2.42. The Morgan fingerprint density at radius 2 is 2.25 bits per heavy atom. The molecule has 20 heavy (non-hydrogen) atoms. The van der Waals surface area contributed by atoms with Crippen LogP contribution in [-0.2, 0) is 0 Å². The molecule has 110 valence electrons. The van der Waals surface area contributed by atoms with E-state index in [-0.39, 0.29) is 18.5 Å². The first kappa shape index (κ1) is 14.6. The first-order chi connectivity index (χ1) is 9.41. The van der Waals surface area contributed by atoms with Crippen molar-refractivity contribution in [3.8, 4) is 0 Å². The topological polar surface area (TPSA) is 71.2 Å². The van der Waals surface area contributed by atoms with Crippen LogP contribution in [0, 0.1) is 5.92 Å². The Bertz CT molecular complexity index is 492. The first-order valence-corrected chi connectivity index (χ1v) is 6.20. The fraction of sp³-hybridized carbons (Fsp3) is 0.500. The van der Waals surface area contributed by atoms with Crippen molar-refractivity contribution in [1.82, 2.24) is 9.88 Å². The van der Waals surface area contributed by atoms with Gasteiger partial charge in [-0.05, 0) is 25.0 Å². The molecule has 1 saturated heterocycles. The number of nitrogen functional groups attached to an aromatic ring is 1. The molecular formula is C12H15F3N4O. The molecule has 5 nitrogen and oxygen atoms in total. The molecule has 1 unspecified atom stereocenters. The number of anilines is 1. The van der Waals surface area contributed by atoms with Gasteiger partial charge in [0.15, 0.2) is 0 Å². The maximum absolute atomic E-state index is 12.7. The van der Waals surface area contributed by atoms with Gasteiger partial charge >= 0.3 is 6.18 Å². The van der Waals surface area contributed by atoms with Crippen molar-refractivity contribution >= 4 is 11.7 Å². The van der Waals surface area contributed by atoms with Gasteiger partial charge < -0.3 is 10.3 Å². The van der Waals surface area contributed by atoms with Gasteiger partial charge in [0.1, 0.15) is 5.82 Å². The molecule has 0 aliphatic carbocycles. The minimum atomic E-state index is -4.26. The van der Waals surface area contributed by atoms with Gasteiger partial charge in [-0.1, -0.05) is 0 Å². The van der Waals surface area contributed by atoms with Gasteiger partial charge in [0, 0.05) is 24.8 Å². The number of hydrazine groups is 1. The Kier molecular flexibility index (Phi) is 4.12. The SMILES string of the molecule is NNc1cc(C(=O)N2CCCC(C(F)(F)F)C2)ccn1. The van der Waals surface area contributed by atoms with E-state index in [0.29, 0.717) is 18.8 Å². The normalized spacial score (nSPS) is 19.8. The van der Waals surface area contributed by atoms with Gasteiger partial charge in [-0.15, -0.1) is 0 Å². The Hall–Kier alpha value is -1.83. The summed E-state index contributed by atoms with van der Waals surface area (Å²) in [5, 5.41) is 0. The summed E-state index contributed by atoms with van der Waals surface area (Å²) in [5.74, 6) is 3.60. The van der Waals surface area contributed by atoms with Crippen LogP contribution < -0.4 is 11.3 Å². The average Bonchev–Trinajstić information content (AvgIpc) is 2.46. The van der Waals surface area contributed by atoms with Crippen LogP contribution >= 0.6 is 0 Å². The molecule has 0 aromatic carbocycles. The lowest BCUT2D eigenvalue weighted by Gasteiger charge is -2.33. The highest BCUT2D eigenvalue weighted by Crippen LogP contribution is 2.33. The summed E-state index contributed by atoms with van der Waals surface area (Å²) < 4.78 is 38.2. The Morgan fingerprint density at radius 3 is 2.90 bits per heavy atom. The van der Waals surface area contributed by atoms with E-state index in [4.69, 9.17) is 5.84 Å². The average molecular weight is 288 g/mol. The van der Waals surface area contributed by atoms with Crippen LogP contribution in [0.25, 0.3) is 0 Å². The van der Waals surface area contributed by atoms with Gasteiger partial charge in [0.2, 0.25) is 0 Å². The van der Waals surface area contributed by atoms with Crippen LogP contribution in [0.1, 0.15) is 23.2 Å². The number of carbonyl (C=O) groups is 1. The van der Waals surface area contributed by atoms with E-state index in [1.165, 1.54) is 23.2 Å². The van der Waals surface area contributed by atoms with Crippen molar-refractivity contribution in [2.24, 2.45) is 11.8 Å². The second-order valence-electron chi connectivity index (χ2n) is 4.71. The smallest absolute Gasteiger partial charge is 0.338 e. The molecule has 0 bridgehead atoms. The maximum Gasteiger partial charge on any atom is 0.393 e. The van der Waals surface area contributed by atoms with E-state index in [0.717, 1.165) is 0 Å². The molecule has 1 aliphatic heterocycles. The van der Waals surface area contributed by atoms with Gasteiger partial charge in [0.25, 0.3) is 5.91 Å². The van der Waals surface area contributed by atoms with Gasteiger partial charge in [0.05, 0.1) is 5.92 Å². The van der Waals surface area contributed by atoms with Gasteiger partial charge in [-0.3, -0.25) is 4.79 Å². The van der Waals surface area contributed by atoms with E-state index < -0.39 is 18.0 Å². The minimum absolute atomic E-state index is 0.0687. The monoisotopic (exact) mass is 288 g/mol. The number of pyridine rings is 1. The van der Waals surface area contributed by atoms with Crippen LogP contribution in [0.4, 0.5) is 19.0 Å². The van der Waals surface area contributed by atoms with Crippen LogP contribution in [-0.4, -0.2) is 35.1 Å². The predicted octanol–water partition coefficient (Wildman–Crippen LogP) is 1.78. The van der Waals surface area contributed by atoms with E-state index in [1.54, 1.807) is 0 Å². The van der Waals surface area contributed by atoms with E-state index in [1.807, 2.05) is 0 Å². The molecular weight excluding hydrogens is 273 g/mol. The number of hydrogen-bond donors (Lipinski definition) is 2. The molecule has 1 aromatic heterocycles. The molecule has 1 aliphatic rings. The van der Waals surface area contributed by atoms with Crippen molar-refractivity contribution < 1.29 is 18.0 Å². The lowest BCUT2D eigenvalue weighted by molar-refractivity contribution is -0.184. The summed E-state index contributed by atoms with van der Waals surface area (Å²) in [6, 6.07) is 2.87. The first-order valence-electron chi connectivity index (χ1n) is 6.20. The van der Waals surface area contributed by atoms with Crippen molar-refractivity contribution in [1.29, 1.82) is 0 Å². The molecule has 1 atom stereocenters. The van der Waals surface area contributed by atoms with Crippen molar-refractivity contribution in [3.63, 3.8) is 0 Å². The largest absolute Gasteiger partial charge is 0.393 e. The predicted molar refractivity (Wildman–Crippen MR) is 66.7 cm³/mol. The zero-order chi connectivity index (χ0) is 14.8. The molecule has 1 amide bonds. The number of halogens is 3. The number of nitrogens with zero attached hydrogens (tertiary/aromatic N) is 2. The molecule has 0 radical (unpaired) electrons. The van der Waals surface area contributed by atoms with Gasteiger partial charge in [-0.25, -0.2) is 10.8 Å². The summed E-state index contributed by atoms with van der Waals surface area (Å²) in [6.45, 7) is 0.0369. The number of nitrogens with one attached hydrogen (secondary N) is 1. The quantitative estimate of drug-likeness (QED) is 0.643. The van der Waals surface area contributed by atoms with Crippen molar-refractivity contribution in [2.75, 3.05) is 18.5 Å². The van der Waals surface area contributed by atoms with Crippen LogP contribution in [0.2, 0.25) is 0 Å². The van der Waals surface area contributed by atoms with Crippen molar-refractivity contribution in [3.05, 3.63) is 23.9 Å². The number of carbonyl (C=O) groups excluding carboxylic acids is 1. The lowest BCUT2D eigenvalue weighted by Crippen LogP contribution is -2.44. The summed E-state index contributed by atoms with van der Waals surface area (Å²) in [5.41, 5.74) is 2.57. The third kappa shape index (κ3) is 3.19. The molecule has 8 heteroatoms. The number of nitrogens with two attached hydrogens (primary N) is 1. The summed E-state index contributed by atoms with van der Waals surface area (Å²) in [4.78, 5) is 17.3. The Labute approximate surface area is 113 Å². The number of rotatable bonds is 2. The minimum Gasteiger partial charge on any atom is -0.338 e. The highest BCUT2D eigenvalue weighted by molar-refractivity contribution is 5.94. The number of alkyl halides is 3. The van der Waals surface area contributed by atoms with Crippen LogP contribution in [0.3, 0.4) is 0 Å². The third-order valence-electron chi connectivity index (χ3n) is 3.33. The van der Waals surface area contributed by atoms with E-state index in [2.05, 4.69) is 10.4 Å². The zero-order valence-corrected chi connectivity index (χ0v) is 10.7. The molecule has 2 heterocycles. The lowest BCUT2D eigenvalue weighted by atomic mass is 9.97. The maximum atomic E-state index is 12.7. The second-order valence-corrected chi connectivity index (χ2v) is 4.71. The van der Waals surface area contributed by atoms with E-state index >= 15 is 0 Å². The number of likely N-dealkylation sites (tertiary alicyclic amines) is 1. The zero-order valence-electron chi connectivity index (χ0n) is 10.7. The molecule has 0 spiro atoms. The summed E-state index contributed by atoms with van der Waals surface area (Å²) in [6.07, 6.45) is -2.46. The Balaban J connectivity index is 2.12. The van der Waals surface area contributed by atoms with Crippen LogP contribution in [0.15, 0.2) is 18.3 Å². The fourth-order valence-corrected chi connectivity index (χ4v) is 2.25.